The van der Waals surface area contributed by atoms with Crippen LogP contribution in [0.25, 0.3) is 0 Å². The molecule has 2 rings (SSSR count). The minimum atomic E-state index is -0.0822. The summed E-state index contributed by atoms with van der Waals surface area (Å²) in [5.74, 6) is -0.0822. The highest BCUT2D eigenvalue weighted by molar-refractivity contribution is 5.89. The normalized spacial score (nSPS) is 15.7. The van der Waals surface area contributed by atoms with Crippen molar-refractivity contribution in [1.82, 2.24) is 4.90 Å². The van der Waals surface area contributed by atoms with Gasteiger partial charge in [0.25, 0.3) is 0 Å². The first-order chi connectivity index (χ1) is 10.1. The largest absolute Gasteiger partial charge is 0.326 e. The second-order valence-corrected chi connectivity index (χ2v) is 5.87. The van der Waals surface area contributed by atoms with E-state index in [0.29, 0.717) is 11.6 Å². The predicted molar refractivity (Wildman–Crippen MR) is 83.8 cm³/mol. The molecule has 0 heterocycles. The number of hydrogen-bond donors (Lipinski definition) is 1. The Morgan fingerprint density at radius 2 is 2.10 bits per heavy atom. The maximum atomic E-state index is 11.3. The lowest BCUT2D eigenvalue weighted by Gasteiger charge is -2.31. The SMILES string of the molecule is CC(=O)Nc1ccc(C#N)cc1CN(C)C1CCCCC1. The molecule has 0 atom stereocenters. The Balaban J connectivity index is 2.15. The average Bonchev–Trinajstić information content (AvgIpc) is 2.49. The molecule has 21 heavy (non-hydrogen) atoms. The molecule has 1 fully saturated rings. The number of nitrogens with one attached hydrogen (secondary N) is 1. The van der Waals surface area contributed by atoms with Gasteiger partial charge in [-0.3, -0.25) is 9.69 Å². The lowest BCUT2D eigenvalue weighted by atomic mass is 9.94. The Kier molecular flexibility index (Phi) is 5.35. The van der Waals surface area contributed by atoms with Gasteiger partial charge in [0.05, 0.1) is 11.6 Å². The molecule has 1 saturated carbocycles. The van der Waals surface area contributed by atoms with Crippen LogP contribution < -0.4 is 5.32 Å². The topological polar surface area (TPSA) is 56.1 Å². The van der Waals surface area contributed by atoms with Crippen molar-refractivity contribution in [2.45, 2.75) is 51.6 Å². The third-order valence-electron chi connectivity index (χ3n) is 4.16. The molecular weight excluding hydrogens is 262 g/mol. The van der Waals surface area contributed by atoms with E-state index in [4.69, 9.17) is 5.26 Å². The zero-order valence-electron chi connectivity index (χ0n) is 12.9. The molecule has 1 aromatic rings. The second kappa shape index (κ2) is 7.24. The number of benzene rings is 1. The van der Waals surface area contributed by atoms with Crippen molar-refractivity contribution >= 4 is 11.6 Å². The quantitative estimate of drug-likeness (QED) is 0.923. The second-order valence-electron chi connectivity index (χ2n) is 5.87. The molecule has 0 spiro atoms. The van der Waals surface area contributed by atoms with Gasteiger partial charge in [-0.1, -0.05) is 19.3 Å². The molecule has 1 aromatic carbocycles. The molecule has 4 nitrogen and oxygen atoms in total. The lowest BCUT2D eigenvalue weighted by molar-refractivity contribution is -0.114. The van der Waals surface area contributed by atoms with Gasteiger partial charge in [-0.15, -0.1) is 0 Å². The molecule has 0 aliphatic heterocycles. The molecule has 0 radical (unpaired) electrons. The zero-order chi connectivity index (χ0) is 15.2. The molecule has 1 N–H and O–H groups in total. The number of nitrogens with zero attached hydrogens (tertiary/aromatic N) is 2. The molecule has 1 aliphatic carbocycles. The lowest BCUT2D eigenvalue weighted by Crippen LogP contribution is -2.33. The third kappa shape index (κ3) is 4.30. The predicted octanol–water partition coefficient (Wildman–Crippen LogP) is 3.28. The van der Waals surface area contributed by atoms with Crippen molar-refractivity contribution in [3.8, 4) is 6.07 Å². The van der Waals surface area contributed by atoms with E-state index in [-0.39, 0.29) is 5.91 Å². The summed E-state index contributed by atoms with van der Waals surface area (Å²) in [6, 6.07) is 8.22. The Labute approximate surface area is 126 Å². The van der Waals surface area contributed by atoms with E-state index < -0.39 is 0 Å². The number of nitriles is 1. The van der Waals surface area contributed by atoms with Crippen molar-refractivity contribution in [3.63, 3.8) is 0 Å². The first-order valence-corrected chi connectivity index (χ1v) is 7.61. The summed E-state index contributed by atoms with van der Waals surface area (Å²) in [6.07, 6.45) is 6.41. The minimum Gasteiger partial charge on any atom is -0.326 e. The Bertz CT molecular complexity index is 541. The summed E-state index contributed by atoms with van der Waals surface area (Å²) in [4.78, 5) is 13.7. The van der Waals surface area contributed by atoms with Crippen LogP contribution >= 0.6 is 0 Å². The highest BCUT2D eigenvalue weighted by Gasteiger charge is 2.19. The van der Waals surface area contributed by atoms with Crippen LogP contribution in [-0.4, -0.2) is 23.9 Å². The molecule has 0 bridgehead atoms. The number of carbonyl (C=O) groups excluding carboxylic acids is 1. The van der Waals surface area contributed by atoms with E-state index in [1.54, 1.807) is 6.07 Å². The van der Waals surface area contributed by atoms with Gasteiger partial charge < -0.3 is 5.32 Å². The van der Waals surface area contributed by atoms with Crippen LogP contribution in [0.1, 0.15) is 50.2 Å². The maximum absolute atomic E-state index is 11.3. The molecule has 0 saturated heterocycles. The first kappa shape index (κ1) is 15.5. The van der Waals surface area contributed by atoms with E-state index in [9.17, 15) is 4.79 Å². The number of hydrogen-bond acceptors (Lipinski definition) is 3. The standard InChI is InChI=1S/C17H23N3O/c1-13(21)19-17-9-8-14(11-18)10-15(17)12-20(2)16-6-4-3-5-7-16/h8-10,16H,3-7,12H2,1-2H3,(H,19,21). The van der Waals surface area contributed by atoms with E-state index in [1.807, 2.05) is 12.1 Å². The van der Waals surface area contributed by atoms with Crippen LogP contribution in [0.2, 0.25) is 0 Å². The fourth-order valence-corrected chi connectivity index (χ4v) is 3.03. The van der Waals surface area contributed by atoms with Crippen molar-refractivity contribution in [1.29, 1.82) is 5.26 Å². The number of amides is 1. The maximum Gasteiger partial charge on any atom is 0.221 e. The molecule has 4 heteroatoms. The van der Waals surface area contributed by atoms with Crippen molar-refractivity contribution in [3.05, 3.63) is 29.3 Å². The summed E-state index contributed by atoms with van der Waals surface area (Å²) in [5.41, 5.74) is 2.46. The van der Waals surface area contributed by atoms with Gasteiger partial charge in [-0.2, -0.15) is 5.26 Å². The van der Waals surface area contributed by atoms with Crippen molar-refractivity contribution in [2.75, 3.05) is 12.4 Å². The molecule has 0 unspecified atom stereocenters. The van der Waals surface area contributed by atoms with E-state index in [1.165, 1.54) is 39.0 Å². The van der Waals surface area contributed by atoms with Crippen molar-refractivity contribution < 1.29 is 4.79 Å². The third-order valence-corrected chi connectivity index (χ3v) is 4.16. The van der Waals surface area contributed by atoms with Crippen LogP contribution in [0.5, 0.6) is 0 Å². The molecule has 0 aromatic heterocycles. The van der Waals surface area contributed by atoms with Gasteiger partial charge >= 0.3 is 0 Å². The van der Waals surface area contributed by atoms with Crippen LogP contribution in [0, 0.1) is 11.3 Å². The average molecular weight is 285 g/mol. The van der Waals surface area contributed by atoms with Gasteiger partial charge in [0, 0.05) is 25.2 Å². The fourth-order valence-electron chi connectivity index (χ4n) is 3.03. The Morgan fingerprint density at radius 1 is 1.38 bits per heavy atom. The fraction of sp³-hybridized carbons (Fsp3) is 0.529. The van der Waals surface area contributed by atoms with Gasteiger partial charge in [-0.05, 0) is 43.7 Å². The summed E-state index contributed by atoms with van der Waals surface area (Å²) in [5, 5.41) is 11.9. The first-order valence-electron chi connectivity index (χ1n) is 7.61. The van der Waals surface area contributed by atoms with Gasteiger partial charge in [0.15, 0.2) is 0 Å². The van der Waals surface area contributed by atoms with E-state index in [2.05, 4.69) is 23.3 Å². The Morgan fingerprint density at radius 3 is 2.71 bits per heavy atom. The van der Waals surface area contributed by atoms with E-state index >= 15 is 0 Å². The van der Waals surface area contributed by atoms with Crippen LogP contribution in [0.15, 0.2) is 18.2 Å². The zero-order valence-corrected chi connectivity index (χ0v) is 12.9. The number of rotatable bonds is 4. The molecular formula is C17H23N3O. The van der Waals surface area contributed by atoms with Gasteiger partial charge in [-0.25, -0.2) is 0 Å². The summed E-state index contributed by atoms with van der Waals surface area (Å²) in [6.45, 7) is 2.27. The van der Waals surface area contributed by atoms with Gasteiger partial charge in [0.1, 0.15) is 0 Å². The van der Waals surface area contributed by atoms with Gasteiger partial charge in [0.2, 0.25) is 5.91 Å². The summed E-state index contributed by atoms with van der Waals surface area (Å²) >= 11 is 0. The highest BCUT2D eigenvalue weighted by atomic mass is 16.1. The molecule has 112 valence electrons. The number of carbonyl (C=O) groups is 1. The monoisotopic (exact) mass is 285 g/mol. The van der Waals surface area contributed by atoms with Crippen molar-refractivity contribution in [2.24, 2.45) is 0 Å². The van der Waals surface area contributed by atoms with Crippen LogP contribution in [0.3, 0.4) is 0 Å². The highest BCUT2D eigenvalue weighted by Crippen LogP contribution is 2.25. The Hall–Kier alpha value is -1.86. The smallest absolute Gasteiger partial charge is 0.221 e. The molecule has 1 amide bonds. The minimum absolute atomic E-state index is 0.0822. The number of anilines is 1. The van der Waals surface area contributed by atoms with E-state index in [0.717, 1.165) is 17.8 Å². The van der Waals surface area contributed by atoms with Crippen LogP contribution in [0.4, 0.5) is 5.69 Å². The summed E-state index contributed by atoms with van der Waals surface area (Å²) in [7, 11) is 2.13. The van der Waals surface area contributed by atoms with Crippen LogP contribution in [-0.2, 0) is 11.3 Å². The molecule has 1 aliphatic rings. The summed E-state index contributed by atoms with van der Waals surface area (Å²) < 4.78 is 0.